The van der Waals surface area contributed by atoms with Gasteiger partial charge in [-0.2, -0.15) is 0 Å². The van der Waals surface area contributed by atoms with Gasteiger partial charge in [0.2, 0.25) is 0 Å². The maximum Gasteiger partial charge on any atom is 0.347 e. The molecule has 0 aliphatic heterocycles. The molecule has 0 aliphatic carbocycles. The second-order valence-corrected chi connectivity index (χ2v) is 4.08. The van der Waals surface area contributed by atoms with Crippen molar-refractivity contribution in [2.24, 2.45) is 0 Å². The lowest BCUT2D eigenvalue weighted by Gasteiger charge is -1.87. The van der Waals surface area contributed by atoms with Crippen LogP contribution in [0.5, 0.6) is 0 Å². The molecule has 4 nitrogen and oxygen atoms in total. The van der Waals surface area contributed by atoms with Crippen LogP contribution < -0.4 is 0 Å². The van der Waals surface area contributed by atoms with Crippen molar-refractivity contribution in [2.45, 2.75) is 19.8 Å². The van der Waals surface area contributed by atoms with E-state index in [1.807, 2.05) is 6.20 Å². The normalized spacial score (nSPS) is 10.9. The largest absolute Gasteiger partial charge is 0.477 e. The molecule has 0 saturated heterocycles. The van der Waals surface area contributed by atoms with E-state index in [1.165, 1.54) is 11.3 Å². The Labute approximate surface area is 84.8 Å². The van der Waals surface area contributed by atoms with Gasteiger partial charge in [-0.25, -0.2) is 9.78 Å². The van der Waals surface area contributed by atoms with Gasteiger partial charge in [0.25, 0.3) is 0 Å². The number of carboxylic acids is 1. The van der Waals surface area contributed by atoms with Crippen molar-refractivity contribution in [3.63, 3.8) is 0 Å². The van der Waals surface area contributed by atoms with Gasteiger partial charge in [0.05, 0.1) is 5.69 Å². The minimum atomic E-state index is -0.891. The van der Waals surface area contributed by atoms with Gasteiger partial charge in [0.15, 0.2) is 4.96 Å². The monoisotopic (exact) mass is 210 g/mol. The van der Waals surface area contributed by atoms with Crippen LogP contribution in [0.25, 0.3) is 4.96 Å². The SMILES string of the molecule is CCCc1cn2cc(C(=O)O)sc2n1. The molecule has 0 amide bonds. The van der Waals surface area contributed by atoms with Crippen molar-refractivity contribution in [3.8, 4) is 0 Å². The summed E-state index contributed by atoms with van der Waals surface area (Å²) in [6.07, 6.45) is 5.49. The van der Waals surface area contributed by atoms with Crippen molar-refractivity contribution in [3.05, 3.63) is 23.0 Å². The first-order valence-corrected chi connectivity index (χ1v) is 5.23. The van der Waals surface area contributed by atoms with Gasteiger partial charge in [-0.15, -0.1) is 0 Å². The summed E-state index contributed by atoms with van der Waals surface area (Å²) in [6, 6.07) is 0. The van der Waals surface area contributed by atoms with Crippen molar-refractivity contribution in [1.29, 1.82) is 0 Å². The number of carbonyl (C=O) groups is 1. The number of carboxylic acid groups (broad SMARTS) is 1. The van der Waals surface area contributed by atoms with Crippen molar-refractivity contribution >= 4 is 22.3 Å². The maximum atomic E-state index is 10.6. The number of fused-ring (bicyclic) bond motifs is 1. The summed E-state index contributed by atoms with van der Waals surface area (Å²) < 4.78 is 1.78. The summed E-state index contributed by atoms with van der Waals surface area (Å²) in [4.78, 5) is 16.1. The Morgan fingerprint density at radius 1 is 1.64 bits per heavy atom. The van der Waals surface area contributed by atoms with Crippen LogP contribution in [0.4, 0.5) is 0 Å². The molecule has 74 valence electrons. The van der Waals surface area contributed by atoms with E-state index in [0.717, 1.165) is 23.5 Å². The molecule has 0 fully saturated rings. The molecule has 0 spiro atoms. The first-order valence-electron chi connectivity index (χ1n) is 4.41. The van der Waals surface area contributed by atoms with E-state index >= 15 is 0 Å². The minimum Gasteiger partial charge on any atom is -0.477 e. The third-order valence-electron chi connectivity index (χ3n) is 1.92. The standard InChI is InChI=1S/C9H10N2O2S/c1-2-3-6-4-11-5-7(8(12)13)14-9(11)10-6/h4-5H,2-3H2,1H3,(H,12,13). The van der Waals surface area contributed by atoms with Gasteiger partial charge in [-0.1, -0.05) is 24.7 Å². The molecule has 0 aromatic carbocycles. The lowest BCUT2D eigenvalue weighted by Crippen LogP contribution is -1.91. The van der Waals surface area contributed by atoms with Gasteiger partial charge in [-0.05, 0) is 6.42 Å². The number of aryl methyl sites for hydroxylation is 1. The van der Waals surface area contributed by atoms with E-state index in [1.54, 1.807) is 10.6 Å². The summed E-state index contributed by atoms with van der Waals surface area (Å²) in [6.45, 7) is 2.09. The van der Waals surface area contributed by atoms with Crippen LogP contribution in [0.2, 0.25) is 0 Å². The number of rotatable bonds is 3. The molecule has 2 rings (SSSR count). The Bertz CT molecular complexity index is 441. The average Bonchev–Trinajstić information content (AvgIpc) is 2.61. The quantitative estimate of drug-likeness (QED) is 0.843. The molecule has 2 aromatic heterocycles. The first-order chi connectivity index (χ1) is 6.70. The molecule has 2 heterocycles. The Kier molecular flexibility index (Phi) is 2.25. The molecular formula is C9H10N2O2S. The van der Waals surface area contributed by atoms with E-state index in [0.29, 0.717) is 4.88 Å². The van der Waals surface area contributed by atoms with Crippen molar-refractivity contribution in [1.82, 2.24) is 9.38 Å². The van der Waals surface area contributed by atoms with Crippen molar-refractivity contribution in [2.75, 3.05) is 0 Å². The van der Waals surface area contributed by atoms with E-state index in [-0.39, 0.29) is 0 Å². The first kappa shape index (κ1) is 9.21. The van der Waals surface area contributed by atoms with Gasteiger partial charge in [0.1, 0.15) is 4.88 Å². The molecule has 1 N–H and O–H groups in total. The van der Waals surface area contributed by atoms with Crippen LogP contribution in [-0.2, 0) is 6.42 Å². The number of thiazole rings is 1. The number of aromatic nitrogens is 2. The topological polar surface area (TPSA) is 54.6 Å². The molecule has 2 aromatic rings. The zero-order chi connectivity index (χ0) is 10.1. The van der Waals surface area contributed by atoms with E-state index in [9.17, 15) is 4.79 Å². The fourth-order valence-corrected chi connectivity index (χ4v) is 2.14. The van der Waals surface area contributed by atoms with Gasteiger partial charge in [-0.3, -0.25) is 4.40 Å². The molecule has 0 aliphatic rings. The number of nitrogens with zero attached hydrogens (tertiary/aromatic N) is 2. The molecule has 5 heteroatoms. The summed E-state index contributed by atoms with van der Waals surface area (Å²) in [7, 11) is 0. The third-order valence-corrected chi connectivity index (χ3v) is 2.91. The lowest BCUT2D eigenvalue weighted by molar-refractivity contribution is 0.0702. The Morgan fingerprint density at radius 2 is 2.43 bits per heavy atom. The number of imidazole rings is 1. The molecule has 0 radical (unpaired) electrons. The van der Waals surface area contributed by atoms with Gasteiger partial charge in [0, 0.05) is 12.4 Å². The highest BCUT2D eigenvalue weighted by Crippen LogP contribution is 2.18. The highest BCUT2D eigenvalue weighted by molar-refractivity contribution is 7.18. The van der Waals surface area contributed by atoms with Crippen LogP contribution >= 0.6 is 11.3 Å². The highest BCUT2D eigenvalue weighted by atomic mass is 32.1. The molecule has 14 heavy (non-hydrogen) atoms. The van der Waals surface area contributed by atoms with Crippen LogP contribution in [0.1, 0.15) is 28.7 Å². The predicted molar refractivity (Wildman–Crippen MR) is 54.0 cm³/mol. The molecule has 0 saturated carbocycles. The molecular weight excluding hydrogens is 200 g/mol. The lowest BCUT2D eigenvalue weighted by atomic mass is 10.3. The smallest absolute Gasteiger partial charge is 0.347 e. The van der Waals surface area contributed by atoms with Crippen molar-refractivity contribution < 1.29 is 9.90 Å². The van der Waals surface area contributed by atoms with Gasteiger partial charge < -0.3 is 5.11 Å². The molecule has 0 unspecified atom stereocenters. The van der Waals surface area contributed by atoms with Crippen LogP contribution in [0.15, 0.2) is 12.4 Å². The van der Waals surface area contributed by atoms with E-state index in [4.69, 9.17) is 5.11 Å². The summed E-state index contributed by atoms with van der Waals surface area (Å²) in [5, 5.41) is 8.75. The maximum absolute atomic E-state index is 10.6. The summed E-state index contributed by atoms with van der Waals surface area (Å²) >= 11 is 1.20. The minimum absolute atomic E-state index is 0.329. The molecule has 0 atom stereocenters. The number of hydrogen-bond donors (Lipinski definition) is 1. The Hall–Kier alpha value is -1.36. The number of aromatic carboxylic acids is 1. The van der Waals surface area contributed by atoms with Crippen LogP contribution in [0, 0.1) is 0 Å². The zero-order valence-electron chi connectivity index (χ0n) is 7.73. The Morgan fingerprint density at radius 3 is 3.00 bits per heavy atom. The fraction of sp³-hybridized carbons (Fsp3) is 0.333. The highest BCUT2D eigenvalue weighted by Gasteiger charge is 2.10. The van der Waals surface area contributed by atoms with Gasteiger partial charge >= 0.3 is 5.97 Å². The van der Waals surface area contributed by atoms with Crippen LogP contribution in [-0.4, -0.2) is 20.5 Å². The van der Waals surface area contributed by atoms with Crippen LogP contribution in [0.3, 0.4) is 0 Å². The average molecular weight is 210 g/mol. The third kappa shape index (κ3) is 1.50. The van der Waals surface area contributed by atoms with E-state index in [2.05, 4.69) is 11.9 Å². The number of hydrogen-bond acceptors (Lipinski definition) is 3. The second kappa shape index (κ2) is 3.42. The fourth-order valence-electron chi connectivity index (χ4n) is 1.32. The summed E-state index contributed by atoms with van der Waals surface area (Å²) in [5.74, 6) is -0.891. The van der Waals surface area contributed by atoms with E-state index < -0.39 is 5.97 Å². The predicted octanol–water partition coefficient (Wildman–Crippen LogP) is 2.05. The summed E-state index contributed by atoms with van der Waals surface area (Å²) in [5.41, 5.74) is 1.02. The zero-order valence-corrected chi connectivity index (χ0v) is 8.54. The second-order valence-electron chi connectivity index (χ2n) is 3.07. The molecule has 0 bridgehead atoms. The Balaban J connectivity index is 2.40.